The molecule has 0 radical (unpaired) electrons. The fraction of sp³-hybridized carbons (Fsp3) is 0.0345. The number of aliphatic imine (C=N–C) groups is 1. The van der Waals surface area contributed by atoms with Crippen LogP contribution in [0.25, 0.3) is 21.5 Å². The van der Waals surface area contributed by atoms with Gasteiger partial charge in [-0.25, -0.2) is 9.79 Å². The van der Waals surface area contributed by atoms with Crippen molar-refractivity contribution in [3.8, 4) is 5.75 Å². The lowest BCUT2D eigenvalue weighted by Crippen LogP contribution is -2.14. The lowest BCUT2D eigenvalue weighted by Gasteiger charge is -2.15. The number of esters is 1. The molecule has 0 aliphatic heterocycles. The van der Waals surface area contributed by atoms with E-state index in [1.54, 1.807) is 6.07 Å². The number of benzene rings is 5. The van der Waals surface area contributed by atoms with Crippen LogP contribution in [-0.4, -0.2) is 19.0 Å². The van der Waals surface area contributed by atoms with E-state index in [9.17, 15) is 4.79 Å². The van der Waals surface area contributed by atoms with E-state index in [-0.39, 0.29) is 0 Å². The molecule has 0 aliphatic rings. The molecule has 33 heavy (non-hydrogen) atoms. The van der Waals surface area contributed by atoms with Crippen molar-refractivity contribution < 1.29 is 14.3 Å². The SMILES string of the molecule is COC(=O)c1ccc2ccccc2c1OC(=Nc1cccc2ccccc12)c1ccccc1. The van der Waals surface area contributed by atoms with Gasteiger partial charge in [-0.3, -0.25) is 0 Å². The zero-order chi connectivity index (χ0) is 22.6. The minimum atomic E-state index is -0.465. The molecule has 0 N–H and O–H groups in total. The van der Waals surface area contributed by atoms with Gasteiger partial charge >= 0.3 is 5.97 Å². The minimum Gasteiger partial charge on any atom is -0.465 e. The van der Waals surface area contributed by atoms with Crippen LogP contribution >= 0.6 is 0 Å². The second kappa shape index (κ2) is 8.97. The Labute approximate surface area is 191 Å². The second-order valence-corrected chi connectivity index (χ2v) is 7.54. The molecule has 5 rings (SSSR count). The molecule has 0 saturated carbocycles. The molecule has 5 aromatic carbocycles. The Kier molecular flexibility index (Phi) is 5.56. The number of hydrogen-bond acceptors (Lipinski definition) is 4. The molecule has 0 bridgehead atoms. The van der Waals surface area contributed by atoms with Crippen molar-refractivity contribution in [2.45, 2.75) is 0 Å². The van der Waals surface area contributed by atoms with Crippen LogP contribution in [0.4, 0.5) is 5.69 Å². The molecular formula is C29H21NO3. The highest BCUT2D eigenvalue weighted by Crippen LogP contribution is 2.33. The highest BCUT2D eigenvalue weighted by Gasteiger charge is 2.19. The Morgan fingerprint density at radius 1 is 0.667 bits per heavy atom. The average Bonchev–Trinajstić information content (AvgIpc) is 2.88. The summed E-state index contributed by atoms with van der Waals surface area (Å²) in [6, 6.07) is 35.1. The molecule has 0 aliphatic carbocycles. The summed E-state index contributed by atoms with van der Waals surface area (Å²) in [6.45, 7) is 0. The molecule has 0 heterocycles. The molecule has 4 heteroatoms. The molecule has 0 unspecified atom stereocenters. The maximum atomic E-state index is 12.6. The highest BCUT2D eigenvalue weighted by molar-refractivity contribution is 6.06. The van der Waals surface area contributed by atoms with Crippen molar-refractivity contribution in [3.63, 3.8) is 0 Å². The summed E-state index contributed by atoms with van der Waals surface area (Å²) in [5.41, 5.74) is 1.93. The lowest BCUT2D eigenvalue weighted by atomic mass is 10.1. The molecule has 0 fully saturated rings. The van der Waals surface area contributed by atoms with E-state index in [1.165, 1.54) is 7.11 Å². The zero-order valence-electron chi connectivity index (χ0n) is 18.1. The van der Waals surface area contributed by atoms with Crippen LogP contribution in [0.5, 0.6) is 5.75 Å². The number of carbonyl (C=O) groups excluding carboxylic acids is 1. The van der Waals surface area contributed by atoms with Gasteiger partial charge in [-0.15, -0.1) is 0 Å². The van der Waals surface area contributed by atoms with E-state index in [1.807, 2.05) is 91.0 Å². The summed E-state index contributed by atoms with van der Waals surface area (Å²) in [6.07, 6.45) is 0. The summed E-state index contributed by atoms with van der Waals surface area (Å²) < 4.78 is 11.5. The maximum absolute atomic E-state index is 12.6. The minimum absolute atomic E-state index is 0.345. The smallest absolute Gasteiger partial charge is 0.341 e. The molecule has 0 amide bonds. The van der Waals surface area contributed by atoms with E-state index < -0.39 is 5.97 Å². The predicted octanol–water partition coefficient (Wildman–Crippen LogP) is 6.94. The Morgan fingerprint density at radius 3 is 2.06 bits per heavy atom. The standard InChI is InChI=1S/C29H21NO3/c1-32-29(31)25-19-18-21-11-6-8-16-24(21)27(25)33-28(22-12-3-2-4-13-22)30-26-17-9-14-20-10-5-7-15-23(20)26/h2-19H,1H3. The average molecular weight is 431 g/mol. The monoisotopic (exact) mass is 431 g/mol. The van der Waals surface area contributed by atoms with Crippen molar-refractivity contribution in [2.24, 2.45) is 4.99 Å². The van der Waals surface area contributed by atoms with Crippen LogP contribution in [0.3, 0.4) is 0 Å². The van der Waals surface area contributed by atoms with Gasteiger partial charge in [-0.2, -0.15) is 0 Å². The highest BCUT2D eigenvalue weighted by atomic mass is 16.5. The summed E-state index contributed by atoms with van der Waals surface area (Å²) in [5.74, 6) is 0.351. The first kappa shape index (κ1) is 20.5. The maximum Gasteiger partial charge on any atom is 0.341 e. The summed E-state index contributed by atoms with van der Waals surface area (Å²) in [4.78, 5) is 17.5. The van der Waals surface area contributed by atoms with Crippen LogP contribution in [0, 0.1) is 0 Å². The lowest BCUT2D eigenvalue weighted by molar-refractivity contribution is 0.0598. The quantitative estimate of drug-likeness (QED) is 0.176. The van der Waals surface area contributed by atoms with Crippen LogP contribution in [0.1, 0.15) is 15.9 Å². The van der Waals surface area contributed by atoms with Crippen LogP contribution in [0.15, 0.2) is 114 Å². The third-order valence-corrected chi connectivity index (χ3v) is 5.49. The van der Waals surface area contributed by atoms with E-state index in [2.05, 4.69) is 12.1 Å². The fourth-order valence-corrected chi connectivity index (χ4v) is 3.86. The third-order valence-electron chi connectivity index (χ3n) is 5.49. The van der Waals surface area contributed by atoms with Crippen LogP contribution in [0.2, 0.25) is 0 Å². The number of methoxy groups -OCH3 is 1. The number of rotatable bonds is 4. The number of fused-ring (bicyclic) bond motifs is 2. The van der Waals surface area contributed by atoms with Gasteiger partial charge in [0, 0.05) is 16.3 Å². The van der Waals surface area contributed by atoms with Gasteiger partial charge in [-0.05, 0) is 35.0 Å². The summed E-state index contributed by atoms with van der Waals surface area (Å²) in [7, 11) is 1.36. The van der Waals surface area contributed by atoms with Crippen molar-refractivity contribution in [1.29, 1.82) is 0 Å². The van der Waals surface area contributed by atoms with Crippen molar-refractivity contribution in [2.75, 3.05) is 7.11 Å². The number of nitrogens with zero attached hydrogens (tertiary/aromatic N) is 1. The van der Waals surface area contributed by atoms with Crippen LogP contribution in [-0.2, 0) is 4.74 Å². The first-order valence-corrected chi connectivity index (χ1v) is 10.6. The van der Waals surface area contributed by atoms with Gasteiger partial charge in [0.15, 0.2) is 5.75 Å². The van der Waals surface area contributed by atoms with Gasteiger partial charge in [0.1, 0.15) is 5.56 Å². The van der Waals surface area contributed by atoms with Gasteiger partial charge in [0.25, 0.3) is 0 Å². The second-order valence-electron chi connectivity index (χ2n) is 7.54. The van der Waals surface area contributed by atoms with E-state index in [4.69, 9.17) is 14.5 Å². The fourth-order valence-electron chi connectivity index (χ4n) is 3.86. The van der Waals surface area contributed by atoms with Gasteiger partial charge in [-0.1, -0.05) is 84.9 Å². The van der Waals surface area contributed by atoms with E-state index >= 15 is 0 Å². The van der Waals surface area contributed by atoms with Crippen LogP contribution < -0.4 is 4.74 Å². The number of hydrogen-bond donors (Lipinski definition) is 0. The number of ether oxygens (including phenoxy) is 2. The Morgan fingerprint density at radius 2 is 1.30 bits per heavy atom. The summed E-state index contributed by atoms with van der Waals surface area (Å²) >= 11 is 0. The molecule has 5 aromatic rings. The largest absolute Gasteiger partial charge is 0.465 e. The molecule has 4 nitrogen and oxygen atoms in total. The third kappa shape index (κ3) is 4.06. The Bertz CT molecular complexity index is 1480. The molecular weight excluding hydrogens is 410 g/mol. The molecule has 160 valence electrons. The van der Waals surface area contributed by atoms with Crippen molar-refractivity contribution in [3.05, 3.63) is 120 Å². The first-order valence-electron chi connectivity index (χ1n) is 10.6. The zero-order valence-corrected chi connectivity index (χ0v) is 18.1. The normalized spacial score (nSPS) is 11.5. The topological polar surface area (TPSA) is 47.9 Å². The first-order chi connectivity index (χ1) is 16.2. The van der Waals surface area contributed by atoms with Crippen molar-refractivity contribution in [1.82, 2.24) is 0 Å². The van der Waals surface area contributed by atoms with E-state index in [0.29, 0.717) is 17.2 Å². The molecule has 0 aromatic heterocycles. The molecule has 0 atom stereocenters. The van der Waals surface area contributed by atoms with Gasteiger partial charge in [0.05, 0.1) is 12.8 Å². The van der Waals surface area contributed by atoms with Crippen molar-refractivity contribution >= 4 is 39.1 Å². The van der Waals surface area contributed by atoms with Gasteiger partial charge in [0.2, 0.25) is 5.90 Å². The predicted molar refractivity (Wildman–Crippen MR) is 133 cm³/mol. The van der Waals surface area contributed by atoms with Gasteiger partial charge < -0.3 is 9.47 Å². The Balaban J connectivity index is 1.73. The summed E-state index contributed by atoms with van der Waals surface area (Å²) in [5, 5.41) is 3.87. The molecule has 0 saturated heterocycles. The molecule has 0 spiro atoms. The van der Waals surface area contributed by atoms with E-state index in [0.717, 1.165) is 32.8 Å². The number of carbonyl (C=O) groups is 1. The Hall–Kier alpha value is -4.44.